The van der Waals surface area contributed by atoms with Crippen LogP contribution in [-0.2, 0) is 10.3 Å². The van der Waals surface area contributed by atoms with Crippen molar-refractivity contribution in [3.63, 3.8) is 0 Å². The van der Waals surface area contributed by atoms with Gasteiger partial charge in [0.25, 0.3) is 0 Å². The number of carbonyl (C=O) groups is 1. The highest BCUT2D eigenvalue weighted by atomic mass is 16.5. The number of aryl methyl sites for hydroxylation is 4. The van der Waals surface area contributed by atoms with E-state index in [1.165, 1.54) is 20.0 Å². The third-order valence-electron chi connectivity index (χ3n) is 10.0. The minimum Gasteiger partial charge on any atom is -0.465 e. The van der Waals surface area contributed by atoms with Crippen LogP contribution in [0.4, 0.5) is 0 Å². The van der Waals surface area contributed by atoms with Crippen molar-refractivity contribution in [1.82, 2.24) is 30.2 Å². The summed E-state index contributed by atoms with van der Waals surface area (Å²) in [5, 5.41) is 19.7. The van der Waals surface area contributed by atoms with Crippen LogP contribution in [0.5, 0.6) is 0 Å². The number of H-pyrrole nitrogens is 2. The Hall–Kier alpha value is -4.77. The number of hydrogen-bond acceptors (Lipinski definition) is 9. The van der Waals surface area contributed by atoms with Gasteiger partial charge in [0, 0.05) is 28.5 Å². The normalized spacial score (nSPS) is 14.4. The van der Waals surface area contributed by atoms with Crippen LogP contribution in [0.2, 0.25) is 0 Å². The van der Waals surface area contributed by atoms with Gasteiger partial charge in [0.15, 0.2) is 0 Å². The van der Waals surface area contributed by atoms with Crippen molar-refractivity contribution in [3.8, 4) is 22.3 Å². The largest absolute Gasteiger partial charge is 0.465 e. The minimum atomic E-state index is -0.868. The summed E-state index contributed by atoms with van der Waals surface area (Å²) in [4.78, 5) is 28.6. The van der Waals surface area contributed by atoms with Crippen molar-refractivity contribution in [1.29, 1.82) is 0 Å². The van der Waals surface area contributed by atoms with E-state index in [1.807, 2.05) is 33.8 Å². The van der Waals surface area contributed by atoms with Crippen LogP contribution in [0.15, 0.2) is 33.3 Å². The summed E-state index contributed by atoms with van der Waals surface area (Å²) in [5.41, 5.74) is 9.42. The van der Waals surface area contributed by atoms with Gasteiger partial charge in [-0.25, -0.2) is 14.8 Å². The van der Waals surface area contributed by atoms with E-state index in [1.54, 1.807) is 6.07 Å². The maximum atomic E-state index is 12.2. The van der Waals surface area contributed by atoms with Crippen molar-refractivity contribution in [2.45, 2.75) is 118 Å². The predicted molar refractivity (Wildman–Crippen MR) is 198 cm³/mol. The van der Waals surface area contributed by atoms with Gasteiger partial charge in [-0.1, -0.05) is 44.4 Å². The number of rotatable bonds is 10. The Morgan fingerprint density at radius 3 is 1.71 bits per heavy atom. The van der Waals surface area contributed by atoms with E-state index < -0.39 is 11.6 Å². The Labute approximate surface area is 298 Å². The molecule has 2 aromatic carbocycles. The summed E-state index contributed by atoms with van der Waals surface area (Å²) in [6.45, 7) is 11.9. The molecule has 0 aliphatic heterocycles. The lowest BCUT2D eigenvalue weighted by Gasteiger charge is -2.29. The molecule has 2 aliphatic rings. The van der Waals surface area contributed by atoms with E-state index in [0.29, 0.717) is 22.9 Å². The molecule has 0 spiro atoms. The fourth-order valence-corrected chi connectivity index (χ4v) is 7.29. The first-order valence-electron chi connectivity index (χ1n) is 17.8. The molecule has 4 heterocycles. The Kier molecular flexibility index (Phi) is 9.96. The molecule has 0 radical (unpaired) electrons. The second kappa shape index (κ2) is 14.1. The summed E-state index contributed by atoms with van der Waals surface area (Å²) < 4.78 is 15.6. The molecule has 0 saturated heterocycles. The van der Waals surface area contributed by atoms with E-state index in [2.05, 4.69) is 51.2 Å². The predicted octanol–water partition coefficient (Wildman–Crippen LogP) is 9.63. The Morgan fingerprint density at radius 1 is 0.804 bits per heavy atom. The van der Waals surface area contributed by atoms with Gasteiger partial charge in [-0.05, 0) is 102 Å². The third-order valence-corrected chi connectivity index (χ3v) is 10.0. The molecular weight excluding hydrogens is 644 g/mol. The Morgan fingerprint density at radius 2 is 1.27 bits per heavy atom. The van der Waals surface area contributed by atoms with Gasteiger partial charge in [0.05, 0.1) is 46.2 Å². The number of nitrogens with one attached hydrogen (secondary N) is 2. The fraction of sp³-hybridized carbons (Fsp3) is 0.475. The van der Waals surface area contributed by atoms with Crippen LogP contribution in [0.25, 0.3) is 44.3 Å². The lowest BCUT2D eigenvalue weighted by molar-refractivity contribution is 0.0183. The smallest absolute Gasteiger partial charge is 0.340 e. The Balaban J connectivity index is 0.000000174. The van der Waals surface area contributed by atoms with Crippen LogP contribution in [0.3, 0.4) is 0 Å². The van der Waals surface area contributed by atoms with Crippen molar-refractivity contribution in [2.24, 2.45) is 0 Å². The number of ether oxygens (including phenoxy) is 1. The topological polar surface area (TPSA) is 156 Å². The zero-order valence-corrected chi connectivity index (χ0v) is 30.0. The number of aromatic amines is 2. The molecule has 2 fully saturated rings. The molecular formula is C40H50N6O5. The SMILES string of the molecule is C.CCCC(O)(CCC)c1cc(-c2c(C)noc2C)cc2[nH]c(C3CC3)nc12.COC(=O)c1cc(-c2c(C)noc2C)cc2[nH]c(C3CC3)nc12. The number of methoxy groups -OCH3 is 1. The van der Waals surface area contributed by atoms with Crippen LogP contribution in [-0.4, -0.2) is 48.4 Å². The van der Waals surface area contributed by atoms with Crippen molar-refractivity contribution in [3.05, 3.63) is 69.9 Å². The molecule has 11 heteroatoms. The van der Waals surface area contributed by atoms with E-state index >= 15 is 0 Å². The zero-order chi connectivity index (χ0) is 35.3. The average molecular weight is 695 g/mol. The number of aliphatic hydroxyl groups is 1. The number of esters is 1. The quantitative estimate of drug-likeness (QED) is 0.119. The summed E-state index contributed by atoms with van der Waals surface area (Å²) in [6, 6.07) is 8.03. The summed E-state index contributed by atoms with van der Waals surface area (Å²) in [7, 11) is 1.38. The highest BCUT2D eigenvalue weighted by Gasteiger charge is 2.34. The summed E-state index contributed by atoms with van der Waals surface area (Å²) in [5.74, 6) is 4.15. The molecule has 0 bridgehead atoms. The molecule has 4 aromatic heterocycles. The van der Waals surface area contributed by atoms with Crippen LogP contribution >= 0.6 is 0 Å². The van der Waals surface area contributed by atoms with E-state index in [-0.39, 0.29) is 7.43 Å². The highest BCUT2D eigenvalue weighted by Crippen LogP contribution is 2.44. The number of fused-ring (bicyclic) bond motifs is 2. The fourth-order valence-electron chi connectivity index (χ4n) is 7.29. The molecule has 2 saturated carbocycles. The maximum Gasteiger partial charge on any atom is 0.340 e. The van der Waals surface area contributed by atoms with Crippen molar-refractivity contribution in [2.75, 3.05) is 7.11 Å². The molecule has 0 unspecified atom stereocenters. The molecule has 11 nitrogen and oxygen atoms in total. The molecule has 51 heavy (non-hydrogen) atoms. The minimum absolute atomic E-state index is 0. The number of benzene rings is 2. The monoisotopic (exact) mass is 694 g/mol. The average Bonchev–Trinajstić information content (AvgIpc) is 3.98. The first kappa shape index (κ1) is 36.0. The summed E-state index contributed by atoms with van der Waals surface area (Å²) in [6.07, 6.45) is 7.98. The summed E-state index contributed by atoms with van der Waals surface area (Å²) >= 11 is 0. The third kappa shape index (κ3) is 6.83. The number of nitrogens with zero attached hydrogens (tertiary/aromatic N) is 4. The first-order valence-corrected chi connectivity index (χ1v) is 17.8. The molecule has 0 amide bonds. The number of aromatic nitrogens is 6. The lowest BCUT2D eigenvalue weighted by Crippen LogP contribution is -2.26. The molecule has 0 atom stereocenters. The first-order chi connectivity index (χ1) is 24.0. The highest BCUT2D eigenvalue weighted by molar-refractivity contribution is 6.04. The number of imidazole rings is 2. The second-order valence-corrected chi connectivity index (χ2v) is 14.1. The van der Waals surface area contributed by atoms with Gasteiger partial charge in [-0.3, -0.25) is 0 Å². The van der Waals surface area contributed by atoms with Gasteiger partial charge in [-0.2, -0.15) is 0 Å². The van der Waals surface area contributed by atoms with Crippen LogP contribution in [0.1, 0.15) is 135 Å². The molecule has 2 aliphatic carbocycles. The standard InChI is InChI=1S/C22H29N3O2.C17H17N3O3.CH4/c1-5-9-22(26,10-6-2)17-11-16(19-13(3)25-27-14(19)4)12-18-20(17)24-21(23-18)15-7-8-15;1-8-14(9(2)23-20-8)11-6-12(17(21)22-3)15-13(7-11)18-16(19-15)10-4-5-10;/h11-12,15,26H,5-10H2,1-4H3,(H,23,24);6-7,10H,4-5H2,1-3H3,(H,18,19);1H4. The van der Waals surface area contributed by atoms with Crippen molar-refractivity contribution >= 4 is 28.0 Å². The van der Waals surface area contributed by atoms with Gasteiger partial charge in [0.1, 0.15) is 28.7 Å². The van der Waals surface area contributed by atoms with Crippen molar-refractivity contribution < 1.29 is 23.7 Å². The van der Waals surface area contributed by atoms with Crippen LogP contribution < -0.4 is 0 Å². The van der Waals surface area contributed by atoms with Crippen LogP contribution in [0, 0.1) is 27.7 Å². The van der Waals surface area contributed by atoms with E-state index in [0.717, 1.165) is 117 Å². The van der Waals surface area contributed by atoms with Gasteiger partial charge in [-0.15, -0.1) is 0 Å². The molecule has 3 N–H and O–H groups in total. The van der Waals surface area contributed by atoms with Gasteiger partial charge >= 0.3 is 5.97 Å². The molecule has 6 aromatic rings. The lowest BCUT2D eigenvalue weighted by atomic mass is 9.83. The van der Waals surface area contributed by atoms with Gasteiger partial charge < -0.3 is 28.9 Å². The second-order valence-electron chi connectivity index (χ2n) is 14.1. The number of carbonyl (C=O) groups excluding carboxylic acids is 1. The number of hydrogen-bond donors (Lipinski definition) is 3. The maximum absolute atomic E-state index is 12.2. The van der Waals surface area contributed by atoms with E-state index in [4.69, 9.17) is 18.8 Å². The Bertz CT molecular complexity index is 2150. The molecule has 270 valence electrons. The zero-order valence-electron chi connectivity index (χ0n) is 30.0. The van der Waals surface area contributed by atoms with Gasteiger partial charge in [0.2, 0.25) is 0 Å². The molecule has 8 rings (SSSR count). The van der Waals surface area contributed by atoms with E-state index in [9.17, 15) is 9.90 Å².